The lowest BCUT2D eigenvalue weighted by Crippen LogP contribution is -2.45. The Balaban J connectivity index is 2.27. The van der Waals surface area contributed by atoms with Crippen molar-refractivity contribution in [1.29, 1.82) is 0 Å². The minimum Gasteiger partial charge on any atom is -0.314 e. The normalized spacial score (nSPS) is 18.6. The van der Waals surface area contributed by atoms with Gasteiger partial charge in [-0.25, -0.2) is 4.39 Å². The lowest BCUT2D eigenvalue weighted by Gasteiger charge is -2.35. The van der Waals surface area contributed by atoms with Crippen molar-refractivity contribution in [3.8, 4) is 0 Å². The summed E-state index contributed by atoms with van der Waals surface area (Å²) in [6.45, 7) is 7.67. The standard InChI is InChI=1S/C14H18FIN2/c1-2-3-14(18-8-6-17-7-9-18)12-10-11(16)4-5-13(12)15/h2,4-5,10,14,17H,1,3,6-9H2/t14-/m0/s1. The third-order valence-corrected chi connectivity index (χ3v) is 3.97. The van der Waals surface area contributed by atoms with Crippen molar-refractivity contribution in [2.75, 3.05) is 26.2 Å². The molecule has 2 rings (SSSR count). The van der Waals surface area contributed by atoms with Gasteiger partial charge >= 0.3 is 0 Å². The van der Waals surface area contributed by atoms with Gasteiger partial charge in [0, 0.05) is 41.4 Å². The summed E-state index contributed by atoms with van der Waals surface area (Å²) in [5.41, 5.74) is 0.795. The third-order valence-electron chi connectivity index (χ3n) is 3.30. The van der Waals surface area contributed by atoms with Gasteiger partial charge in [0.1, 0.15) is 5.82 Å². The highest BCUT2D eigenvalue weighted by Crippen LogP contribution is 2.28. The van der Waals surface area contributed by atoms with Gasteiger partial charge in [-0.1, -0.05) is 6.08 Å². The molecular formula is C14H18FIN2. The Morgan fingerprint density at radius 1 is 1.44 bits per heavy atom. The molecule has 0 aliphatic carbocycles. The fourth-order valence-electron chi connectivity index (χ4n) is 2.39. The van der Waals surface area contributed by atoms with Crippen LogP contribution in [0.3, 0.4) is 0 Å². The third kappa shape index (κ3) is 3.30. The molecule has 1 aromatic carbocycles. The number of hydrogen-bond acceptors (Lipinski definition) is 2. The predicted molar refractivity (Wildman–Crippen MR) is 81.1 cm³/mol. The van der Waals surface area contributed by atoms with E-state index in [0.717, 1.165) is 41.7 Å². The molecule has 0 aromatic heterocycles. The van der Waals surface area contributed by atoms with Gasteiger partial charge in [0.15, 0.2) is 0 Å². The molecule has 1 atom stereocenters. The highest BCUT2D eigenvalue weighted by Gasteiger charge is 2.23. The number of rotatable bonds is 4. The number of halogens is 2. The molecule has 0 spiro atoms. The van der Waals surface area contributed by atoms with E-state index in [9.17, 15) is 4.39 Å². The molecule has 0 unspecified atom stereocenters. The second-order valence-corrected chi connectivity index (χ2v) is 5.74. The van der Waals surface area contributed by atoms with Crippen molar-refractivity contribution in [3.05, 3.63) is 45.8 Å². The van der Waals surface area contributed by atoms with Crippen LogP contribution in [-0.4, -0.2) is 31.1 Å². The van der Waals surface area contributed by atoms with Gasteiger partial charge in [-0.15, -0.1) is 6.58 Å². The average Bonchev–Trinajstić information content (AvgIpc) is 2.40. The number of piperazine rings is 1. The fourth-order valence-corrected chi connectivity index (χ4v) is 2.91. The van der Waals surface area contributed by atoms with Crippen LogP contribution in [0.15, 0.2) is 30.9 Å². The van der Waals surface area contributed by atoms with Gasteiger partial charge in [0.2, 0.25) is 0 Å². The van der Waals surface area contributed by atoms with Crippen LogP contribution in [0.5, 0.6) is 0 Å². The molecule has 1 fully saturated rings. The summed E-state index contributed by atoms with van der Waals surface area (Å²) in [7, 11) is 0. The quantitative estimate of drug-likeness (QED) is 0.656. The topological polar surface area (TPSA) is 15.3 Å². The summed E-state index contributed by atoms with van der Waals surface area (Å²) in [6, 6.07) is 5.43. The zero-order valence-electron chi connectivity index (χ0n) is 10.3. The lowest BCUT2D eigenvalue weighted by atomic mass is 10.0. The van der Waals surface area contributed by atoms with Gasteiger partial charge in [-0.2, -0.15) is 0 Å². The van der Waals surface area contributed by atoms with Crippen molar-refractivity contribution in [2.24, 2.45) is 0 Å². The maximum atomic E-state index is 14.0. The Morgan fingerprint density at radius 3 is 2.83 bits per heavy atom. The van der Waals surface area contributed by atoms with E-state index in [2.05, 4.69) is 39.4 Å². The van der Waals surface area contributed by atoms with Crippen molar-refractivity contribution in [1.82, 2.24) is 10.2 Å². The molecule has 1 saturated heterocycles. The number of nitrogens with zero attached hydrogens (tertiary/aromatic N) is 1. The summed E-state index contributed by atoms with van der Waals surface area (Å²) < 4.78 is 15.1. The molecule has 1 aromatic rings. The Hall–Kier alpha value is -0.460. The second-order valence-electron chi connectivity index (χ2n) is 4.49. The van der Waals surface area contributed by atoms with Crippen LogP contribution >= 0.6 is 22.6 Å². The summed E-state index contributed by atoms with van der Waals surface area (Å²) >= 11 is 2.23. The molecule has 0 radical (unpaired) electrons. The van der Waals surface area contributed by atoms with Crippen LogP contribution in [0.2, 0.25) is 0 Å². The summed E-state index contributed by atoms with van der Waals surface area (Å²) in [5.74, 6) is -0.110. The Morgan fingerprint density at radius 2 is 2.17 bits per heavy atom. The van der Waals surface area contributed by atoms with Crippen molar-refractivity contribution < 1.29 is 4.39 Å². The first kappa shape index (κ1) is 14.0. The largest absolute Gasteiger partial charge is 0.314 e. The van der Waals surface area contributed by atoms with Crippen LogP contribution in [0.4, 0.5) is 4.39 Å². The maximum Gasteiger partial charge on any atom is 0.128 e. The van der Waals surface area contributed by atoms with Crippen LogP contribution in [0, 0.1) is 9.39 Å². The smallest absolute Gasteiger partial charge is 0.128 e. The Kier molecular flexibility index (Phi) is 5.14. The molecule has 2 nitrogen and oxygen atoms in total. The SMILES string of the molecule is C=CC[C@@H](c1cc(I)ccc1F)N1CCNCC1. The number of nitrogens with one attached hydrogen (secondary N) is 1. The molecule has 98 valence electrons. The summed E-state index contributed by atoms with van der Waals surface area (Å²) in [5, 5.41) is 3.33. The lowest BCUT2D eigenvalue weighted by molar-refractivity contribution is 0.171. The van der Waals surface area contributed by atoms with E-state index in [1.54, 1.807) is 6.07 Å². The van der Waals surface area contributed by atoms with Crippen molar-refractivity contribution in [2.45, 2.75) is 12.5 Å². The molecule has 1 heterocycles. The minimum absolute atomic E-state index is 0.110. The minimum atomic E-state index is -0.110. The predicted octanol–water partition coefficient (Wildman–Crippen LogP) is 2.95. The van der Waals surface area contributed by atoms with E-state index in [1.807, 2.05) is 18.2 Å². The summed E-state index contributed by atoms with van der Waals surface area (Å²) in [6.07, 6.45) is 2.67. The van der Waals surface area contributed by atoms with E-state index >= 15 is 0 Å². The molecule has 4 heteroatoms. The van der Waals surface area contributed by atoms with Gasteiger partial charge in [-0.05, 0) is 47.2 Å². The van der Waals surface area contributed by atoms with Crippen LogP contribution in [0.25, 0.3) is 0 Å². The molecule has 0 amide bonds. The van der Waals surface area contributed by atoms with E-state index in [4.69, 9.17) is 0 Å². The number of benzene rings is 1. The Labute approximate surface area is 121 Å². The zero-order valence-corrected chi connectivity index (χ0v) is 12.5. The first-order valence-corrected chi connectivity index (χ1v) is 7.31. The zero-order chi connectivity index (χ0) is 13.0. The Bertz CT molecular complexity index is 416. The molecule has 1 aliphatic heterocycles. The van der Waals surface area contributed by atoms with Crippen LogP contribution in [0.1, 0.15) is 18.0 Å². The average molecular weight is 360 g/mol. The molecule has 0 bridgehead atoms. The fraction of sp³-hybridized carbons (Fsp3) is 0.429. The molecule has 0 saturated carbocycles. The molecular weight excluding hydrogens is 342 g/mol. The molecule has 1 aliphatic rings. The van der Waals surface area contributed by atoms with E-state index in [0.29, 0.717) is 0 Å². The summed E-state index contributed by atoms with van der Waals surface area (Å²) in [4.78, 5) is 2.34. The molecule has 18 heavy (non-hydrogen) atoms. The highest BCUT2D eigenvalue weighted by molar-refractivity contribution is 14.1. The van der Waals surface area contributed by atoms with Gasteiger partial charge < -0.3 is 5.32 Å². The van der Waals surface area contributed by atoms with E-state index < -0.39 is 0 Å². The first-order chi connectivity index (χ1) is 8.72. The molecule has 1 N–H and O–H groups in total. The maximum absolute atomic E-state index is 14.0. The van der Waals surface area contributed by atoms with Gasteiger partial charge in [0.05, 0.1) is 0 Å². The van der Waals surface area contributed by atoms with E-state index in [1.165, 1.54) is 0 Å². The second kappa shape index (κ2) is 6.63. The van der Waals surface area contributed by atoms with E-state index in [-0.39, 0.29) is 11.9 Å². The van der Waals surface area contributed by atoms with Gasteiger partial charge in [0.25, 0.3) is 0 Å². The van der Waals surface area contributed by atoms with Gasteiger partial charge in [-0.3, -0.25) is 4.90 Å². The number of hydrogen-bond donors (Lipinski definition) is 1. The van der Waals surface area contributed by atoms with Crippen LogP contribution < -0.4 is 5.32 Å². The highest BCUT2D eigenvalue weighted by atomic mass is 127. The van der Waals surface area contributed by atoms with Crippen LogP contribution in [-0.2, 0) is 0 Å². The van der Waals surface area contributed by atoms with Crippen molar-refractivity contribution in [3.63, 3.8) is 0 Å². The monoisotopic (exact) mass is 360 g/mol. The first-order valence-electron chi connectivity index (χ1n) is 6.23. The van der Waals surface area contributed by atoms with Crippen molar-refractivity contribution >= 4 is 22.6 Å².